The Morgan fingerprint density at radius 1 is 1.50 bits per heavy atom. The van der Waals surface area contributed by atoms with E-state index in [2.05, 4.69) is 55.4 Å². The van der Waals surface area contributed by atoms with E-state index in [1.54, 1.807) is 11.3 Å². The first-order chi connectivity index (χ1) is 9.42. The summed E-state index contributed by atoms with van der Waals surface area (Å²) in [4.78, 5) is 7.01. The molecule has 4 heteroatoms. The summed E-state index contributed by atoms with van der Waals surface area (Å²) in [6.07, 6.45) is 4.04. The third kappa shape index (κ3) is 3.80. The number of aryl methyl sites for hydroxylation is 1. The Balaban J connectivity index is 1.93. The van der Waals surface area contributed by atoms with Gasteiger partial charge in [0.1, 0.15) is 0 Å². The molecular weight excluding hydrogens is 266 g/mol. The van der Waals surface area contributed by atoms with Crippen molar-refractivity contribution in [2.75, 3.05) is 20.6 Å². The van der Waals surface area contributed by atoms with Crippen molar-refractivity contribution < 1.29 is 0 Å². The highest BCUT2D eigenvalue weighted by Crippen LogP contribution is 2.39. The molecule has 2 rings (SSSR count). The third-order valence-corrected chi connectivity index (χ3v) is 5.49. The number of hydrogen-bond acceptors (Lipinski definition) is 4. The molecule has 0 aromatic carbocycles. The Morgan fingerprint density at radius 3 is 2.85 bits per heavy atom. The summed E-state index contributed by atoms with van der Waals surface area (Å²) >= 11 is 1.75. The van der Waals surface area contributed by atoms with Gasteiger partial charge in [0.25, 0.3) is 0 Å². The standard InChI is InChI=1S/C16H29N3S/c1-12-18-14(11-20-12)10-19(5)9-13-7-6-8-16(2,3)15(13)17-4/h11,13,15,17H,6-10H2,1-5H3. The fourth-order valence-electron chi connectivity index (χ4n) is 3.83. The molecule has 0 saturated heterocycles. The van der Waals surface area contributed by atoms with Crippen molar-refractivity contribution >= 4 is 11.3 Å². The Labute approximate surface area is 127 Å². The molecule has 1 saturated carbocycles. The second-order valence-electron chi connectivity index (χ2n) is 6.96. The molecular formula is C16H29N3S. The van der Waals surface area contributed by atoms with Crippen LogP contribution in [-0.2, 0) is 6.54 Å². The van der Waals surface area contributed by atoms with E-state index in [9.17, 15) is 0 Å². The SMILES string of the molecule is CNC1C(CN(C)Cc2csc(C)n2)CCCC1(C)C. The predicted octanol–water partition coefficient (Wildman–Crippen LogP) is 3.30. The first kappa shape index (κ1) is 15.9. The van der Waals surface area contributed by atoms with Gasteiger partial charge >= 0.3 is 0 Å². The van der Waals surface area contributed by atoms with Gasteiger partial charge in [0.05, 0.1) is 10.7 Å². The Morgan fingerprint density at radius 2 is 2.25 bits per heavy atom. The highest BCUT2D eigenvalue weighted by molar-refractivity contribution is 7.09. The summed E-state index contributed by atoms with van der Waals surface area (Å²) in [5.41, 5.74) is 1.63. The zero-order valence-electron chi connectivity index (χ0n) is 13.6. The largest absolute Gasteiger partial charge is 0.316 e. The summed E-state index contributed by atoms with van der Waals surface area (Å²) in [6, 6.07) is 0.621. The first-order valence-corrected chi connectivity index (χ1v) is 8.57. The van der Waals surface area contributed by atoms with Gasteiger partial charge < -0.3 is 10.2 Å². The lowest BCUT2D eigenvalue weighted by molar-refractivity contribution is 0.0886. The lowest BCUT2D eigenvalue weighted by Gasteiger charge is -2.45. The fourth-order valence-corrected chi connectivity index (χ4v) is 4.43. The van der Waals surface area contributed by atoms with Crippen LogP contribution in [0.4, 0.5) is 0 Å². The van der Waals surface area contributed by atoms with Crippen LogP contribution in [0.15, 0.2) is 5.38 Å². The molecule has 0 aliphatic heterocycles. The molecule has 1 aliphatic carbocycles. The topological polar surface area (TPSA) is 28.2 Å². The van der Waals surface area contributed by atoms with E-state index in [1.807, 2.05) is 0 Å². The number of hydrogen-bond donors (Lipinski definition) is 1. The van der Waals surface area contributed by atoms with E-state index >= 15 is 0 Å². The smallest absolute Gasteiger partial charge is 0.0897 e. The average Bonchev–Trinajstić information content (AvgIpc) is 2.73. The zero-order valence-corrected chi connectivity index (χ0v) is 14.4. The van der Waals surface area contributed by atoms with Crippen molar-refractivity contribution in [3.05, 3.63) is 16.1 Å². The normalized spacial score (nSPS) is 26.1. The Kier molecular flexibility index (Phi) is 5.21. The number of rotatable bonds is 5. The molecule has 3 nitrogen and oxygen atoms in total. The molecule has 1 heterocycles. The van der Waals surface area contributed by atoms with Gasteiger partial charge in [-0.15, -0.1) is 11.3 Å². The summed E-state index contributed by atoms with van der Waals surface area (Å²) in [5.74, 6) is 0.744. The molecule has 2 atom stereocenters. The number of aromatic nitrogens is 1. The maximum Gasteiger partial charge on any atom is 0.0897 e. The monoisotopic (exact) mass is 295 g/mol. The van der Waals surface area contributed by atoms with E-state index in [0.717, 1.165) is 19.0 Å². The second kappa shape index (κ2) is 6.54. The van der Waals surface area contributed by atoms with Crippen molar-refractivity contribution in [2.24, 2.45) is 11.3 Å². The zero-order chi connectivity index (χ0) is 14.8. The molecule has 0 spiro atoms. The minimum Gasteiger partial charge on any atom is -0.316 e. The fraction of sp³-hybridized carbons (Fsp3) is 0.812. The van der Waals surface area contributed by atoms with E-state index in [4.69, 9.17) is 0 Å². The van der Waals surface area contributed by atoms with Gasteiger partial charge in [-0.3, -0.25) is 0 Å². The quantitative estimate of drug-likeness (QED) is 0.903. The minimum absolute atomic E-state index is 0.412. The van der Waals surface area contributed by atoms with Crippen LogP contribution in [0.5, 0.6) is 0 Å². The van der Waals surface area contributed by atoms with Gasteiger partial charge in [-0.1, -0.05) is 20.3 Å². The van der Waals surface area contributed by atoms with Crippen LogP contribution in [-0.4, -0.2) is 36.6 Å². The van der Waals surface area contributed by atoms with Crippen LogP contribution >= 0.6 is 11.3 Å². The number of thiazole rings is 1. The summed E-state index contributed by atoms with van der Waals surface area (Å²) in [5, 5.41) is 6.93. The maximum absolute atomic E-state index is 4.57. The molecule has 1 N–H and O–H groups in total. The average molecular weight is 295 g/mol. The lowest BCUT2D eigenvalue weighted by Crippen LogP contribution is -2.51. The van der Waals surface area contributed by atoms with E-state index in [0.29, 0.717) is 11.5 Å². The Bertz CT molecular complexity index is 427. The number of nitrogens with one attached hydrogen (secondary N) is 1. The van der Waals surface area contributed by atoms with Gasteiger partial charge in [0.15, 0.2) is 0 Å². The summed E-state index contributed by atoms with van der Waals surface area (Å²) in [6.45, 7) is 9.02. The van der Waals surface area contributed by atoms with Gasteiger partial charge in [-0.2, -0.15) is 0 Å². The molecule has 1 aromatic heterocycles. The maximum atomic E-state index is 4.57. The highest BCUT2D eigenvalue weighted by Gasteiger charge is 2.38. The highest BCUT2D eigenvalue weighted by atomic mass is 32.1. The Hall–Kier alpha value is -0.450. The molecule has 0 radical (unpaired) electrons. The van der Waals surface area contributed by atoms with Crippen molar-refractivity contribution in [1.29, 1.82) is 0 Å². The van der Waals surface area contributed by atoms with Crippen molar-refractivity contribution in [3.63, 3.8) is 0 Å². The van der Waals surface area contributed by atoms with Gasteiger partial charge in [0.2, 0.25) is 0 Å². The third-order valence-electron chi connectivity index (χ3n) is 4.67. The minimum atomic E-state index is 0.412. The van der Waals surface area contributed by atoms with Crippen LogP contribution in [0.3, 0.4) is 0 Å². The lowest BCUT2D eigenvalue weighted by atomic mass is 9.68. The summed E-state index contributed by atoms with van der Waals surface area (Å²) in [7, 11) is 4.34. The van der Waals surface area contributed by atoms with E-state index < -0.39 is 0 Å². The van der Waals surface area contributed by atoms with E-state index in [1.165, 1.54) is 30.0 Å². The first-order valence-electron chi connectivity index (χ1n) is 7.69. The van der Waals surface area contributed by atoms with Gasteiger partial charge in [-0.05, 0) is 45.2 Å². The predicted molar refractivity (Wildman–Crippen MR) is 87.2 cm³/mol. The van der Waals surface area contributed by atoms with Crippen molar-refractivity contribution in [2.45, 2.75) is 52.6 Å². The molecule has 0 amide bonds. The molecule has 114 valence electrons. The van der Waals surface area contributed by atoms with Crippen LogP contribution < -0.4 is 5.32 Å². The molecule has 20 heavy (non-hydrogen) atoms. The van der Waals surface area contributed by atoms with Gasteiger partial charge in [-0.25, -0.2) is 4.98 Å². The second-order valence-corrected chi connectivity index (χ2v) is 8.02. The molecule has 2 unspecified atom stereocenters. The van der Waals surface area contributed by atoms with Gasteiger partial charge in [0, 0.05) is 24.5 Å². The van der Waals surface area contributed by atoms with Crippen molar-refractivity contribution in [3.8, 4) is 0 Å². The molecule has 0 bridgehead atoms. The van der Waals surface area contributed by atoms with Crippen LogP contribution in [0.1, 0.15) is 43.8 Å². The summed E-state index contributed by atoms with van der Waals surface area (Å²) < 4.78 is 0. The van der Waals surface area contributed by atoms with E-state index in [-0.39, 0.29) is 0 Å². The molecule has 1 aromatic rings. The van der Waals surface area contributed by atoms with Crippen LogP contribution in [0.25, 0.3) is 0 Å². The molecule has 1 fully saturated rings. The number of nitrogens with zero attached hydrogens (tertiary/aromatic N) is 2. The van der Waals surface area contributed by atoms with Crippen LogP contribution in [0.2, 0.25) is 0 Å². The van der Waals surface area contributed by atoms with Crippen molar-refractivity contribution in [1.82, 2.24) is 15.2 Å². The molecule has 1 aliphatic rings. The van der Waals surface area contributed by atoms with Crippen LogP contribution in [0, 0.1) is 18.3 Å².